The van der Waals surface area contributed by atoms with E-state index >= 15 is 0 Å². The smallest absolute Gasteiger partial charge is 0.205 e. The van der Waals surface area contributed by atoms with Gasteiger partial charge in [0.2, 0.25) is 5.78 Å². The molecule has 0 bridgehead atoms. The molecule has 3 heterocycles. The van der Waals surface area contributed by atoms with E-state index in [2.05, 4.69) is 9.97 Å². The van der Waals surface area contributed by atoms with Crippen molar-refractivity contribution in [2.24, 2.45) is 0 Å². The van der Waals surface area contributed by atoms with Crippen molar-refractivity contribution < 1.29 is 9.18 Å². The number of aromatic nitrogens is 2. The van der Waals surface area contributed by atoms with Crippen molar-refractivity contribution in [3.63, 3.8) is 0 Å². The lowest BCUT2D eigenvalue weighted by atomic mass is 10.1. The van der Waals surface area contributed by atoms with Crippen LogP contribution in [0.15, 0.2) is 60.9 Å². The molecule has 4 rings (SSSR count). The summed E-state index contributed by atoms with van der Waals surface area (Å²) in [5, 5.41) is 0.739. The number of nitrogens with zero attached hydrogens (tertiary/aromatic N) is 2. The highest BCUT2D eigenvalue weighted by Gasteiger charge is 2.19. The highest BCUT2D eigenvalue weighted by Crippen LogP contribution is 2.35. The predicted molar refractivity (Wildman–Crippen MR) is 97.1 cm³/mol. The Labute approximate surface area is 146 Å². The molecular weight excluding hydrogens is 337 g/mol. The minimum atomic E-state index is -0.386. The van der Waals surface area contributed by atoms with E-state index in [1.165, 1.54) is 35.6 Å². The minimum Gasteiger partial charge on any atom is -0.397 e. The van der Waals surface area contributed by atoms with Gasteiger partial charge in [0.05, 0.1) is 11.4 Å². The average Bonchev–Trinajstić information content (AvgIpc) is 2.98. The van der Waals surface area contributed by atoms with Crippen LogP contribution in [0, 0.1) is 5.82 Å². The van der Waals surface area contributed by atoms with Gasteiger partial charge in [0.25, 0.3) is 0 Å². The van der Waals surface area contributed by atoms with E-state index in [4.69, 9.17) is 5.73 Å². The average molecular weight is 349 g/mol. The fourth-order valence-corrected chi connectivity index (χ4v) is 3.63. The minimum absolute atomic E-state index is 0.233. The largest absolute Gasteiger partial charge is 0.397 e. The van der Waals surface area contributed by atoms with Crippen LogP contribution in [0.2, 0.25) is 0 Å². The van der Waals surface area contributed by atoms with E-state index in [0.29, 0.717) is 21.0 Å². The van der Waals surface area contributed by atoms with Gasteiger partial charge in [-0.25, -0.2) is 9.37 Å². The maximum absolute atomic E-state index is 13.1. The number of pyridine rings is 2. The third-order valence-corrected chi connectivity index (χ3v) is 4.98. The molecule has 0 aliphatic rings. The number of carbonyl (C=O) groups excluding carboxylic acids is 1. The molecule has 25 heavy (non-hydrogen) atoms. The Balaban J connectivity index is 1.79. The standard InChI is InChI=1S/C19H12FN3OS/c20-13-5-3-11(4-6-13)17(24)18-16(21)14-7-8-15(23-19(14)25-18)12-2-1-9-22-10-12/h1-10H,21H2. The molecule has 0 amide bonds. The lowest BCUT2D eigenvalue weighted by molar-refractivity contribution is 0.104. The molecule has 4 nitrogen and oxygen atoms in total. The Morgan fingerprint density at radius 1 is 1.08 bits per heavy atom. The molecule has 0 saturated carbocycles. The number of nitrogen functional groups attached to an aromatic ring is 1. The number of rotatable bonds is 3. The summed E-state index contributed by atoms with van der Waals surface area (Å²) < 4.78 is 13.1. The second-order valence-electron chi connectivity index (χ2n) is 5.47. The van der Waals surface area contributed by atoms with Crippen LogP contribution in [-0.2, 0) is 0 Å². The van der Waals surface area contributed by atoms with Gasteiger partial charge in [-0.3, -0.25) is 9.78 Å². The Bertz CT molecular complexity index is 1080. The van der Waals surface area contributed by atoms with E-state index in [1.54, 1.807) is 12.4 Å². The van der Waals surface area contributed by atoms with Crippen LogP contribution in [0.3, 0.4) is 0 Å². The molecule has 4 aromatic rings. The SMILES string of the molecule is Nc1c(C(=O)c2ccc(F)cc2)sc2nc(-c3cccnc3)ccc12. The van der Waals surface area contributed by atoms with Crippen LogP contribution in [0.25, 0.3) is 21.5 Å². The maximum Gasteiger partial charge on any atom is 0.205 e. The monoisotopic (exact) mass is 349 g/mol. The summed E-state index contributed by atoms with van der Waals surface area (Å²) in [6, 6.07) is 12.9. The molecule has 122 valence electrons. The molecule has 0 aliphatic carbocycles. The fraction of sp³-hybridized carbons (Fsp3) is 0. The van der Waals surface area contributed by atoms with Crippen molar-refractivity contribution in [2.75, 3.05) is 5.73 Å². The van der Waals surface area contributed by atoms with Gasteiger partial charge < -0.3 is 5.73 Å². The predicted octanol–water partition coefficient (Wildman–Crippen LogP) is 4.31. The molecule has 0 atom stereocenters. The highest BCUT2D eigenvalue weighted by molar-refractivity contribution is 7.21. The first-order chi connectivity index (χ1) is 12.1. The zero-order chi connectivity index (χ0) is 17.4. The molecule has 1 aromatic carbocycles. The van der Waals surface area contributed by atoms with E-state index < -0.39 is 0 Å². The molecular formula is C19H12FN3OS. The van der Waals surface area contributed by atoms with Crippen LogP contribution in [0.1, 0.15) is 15.2 Å². The lowest BCUT2D eigenvalue weighted by Crippen LogP contribution is -2.01. The second-order valence-corrected chi connectivity index (χ2v) is 6.47. The van der Waals surface area contributed by atoms with Gasteiger partial charge in [0, 0.05) is 28.9 Å². The first kappa shape index (κ1) is 15.4. The summed E-state index contributed by atoms with van der Waals surface area (Å²) in [5.41, 5.74) is 8.61. The first-order valence-electron chi connectivity index (χ1n) is 7.53. The zero-order valence-electron chi connectivity index (χ0n) is 12.9. The van der Waals surface area contributed by atoms with E-state index in [9.17, 15) is 9.18 Å². The summed E-state index contributed by atoms with van der Waals surface area (Å²) in [4.78, 5) is 22.5. The Kier molecular flexibility index (Phi) is 3.74. The van der Waals surface area contributed by atoms with Gasteiger partial charge in [-0.05, 0) is 48.5 Å². The molecule has 2 N–H and O–H groups in total. The van der Waals surface area contributed by atoms with E-state index in [0.717, 1.165) is 16.6 Å². The number of carbonyl (C=O) groups is 1. The summed E-state index contributed by atoms with van der Waals surface area (Å²) >= 11 is 1.24. The second kappa shape index (κ2) is 6.07. The molecule has 0 saturated heterocycles. The normalized spacial score (nSPS) is 10.9. The van der Waals surface area contributed by atoms with Crippen molar-refractivity contribution >= 4 is 33.0 Å². The molecule has 0 radical (unpaired) electrons. The van der Waals surface area contributed by atoms with Crippen LogP contribution < -0.4 is 5.73 Å². The number of thiophene rings is 1. The summed E-state index contributed by atoms with van der Waals surface area (Å²) in [7, 11) is 0. The number of hydrogen-bond donors (Lipinski definition) is 1. The lowest BCUT2D eigenvalue weighted by Gasteiger charge is -2.00. The van der Waals surface area contributed by atoms with Crippen molar-refractivity contribution in [3.8, 4) is 11.3 Å². The molecule has 6 heteroatoms. The Morgan fingerprint density at radius 2 is 1.88 bits per heavy atom. The van der Waals surface area contributed by atoms with Crippen LogP contribution in [0.4, 0.5) is 10.1 Å². The first-order valence-corrected chi connectivity index (χ1v) is 8.35. The molecule has 0 spiro atoms. The van der Waals surface area contributed by atoms with Gasteiger partial charge in [-0.15, -0.1) is 11.3 Å². The van der Waals surface area contributed by atoms with Crippen LogP contribution in [0.5, 0.6) is 0 Å². The topological polar surface area (TPSA) is 68.9 Å². The van der Waals surface area contributed by atoms with Crippen molar-refractivity contribution in [1.29, 1.82) is 0 Å². The number of ketones is 1. The number of hydrogen-bond acceptors (Lipinski definition) is 5. The third-order valence-electron chi connectivity index (χ3n) is 3.86. The Morgan fingerprint density at radius 3 is 2.60 bits per heavy atom. The van der Waals surface area contributed by atoms with Crippen molar-refractivity contribution in [2.45, 2.75) is 0 Å². The Hall–Kier alpha value is -3.12. The van der Waals surface area contributed by atoms with Crippen LogP contribution >= 0.6 is 11.3 Å². The van der Waals surface area contributed by atoms with Gasteiger partial charge in [-0.2, -0.15) is 0 Å². The fourth-order valence-electron chi connectivity index (χ4n) is 2.57. The van der Waals surface area contributed by atoms with E-state index in [-0.39, 0.29) is 11.6 Å². The zero-order valence-corrected chi connectivity index (χ0v) is 13.8. The van der Waals surface area contributed by atoms with Gasteiger partial charge >= 0.3 is 0 Å². The summed E-state index contributed by atoms with van der Waals surface area (Å²) in [6.07, 6.45) is 3.43. The number of nitrogens with two attached hydrogens (primary N) is 1. The molecule has 0 unspecified atom stereocenters. The quantitative estimate of drug-likeness (QED) is 0.560. The number of halogens is 1. The van der Waals surface area contributed by atoms with Gasteiger partial charge in [0.1, 0.15) is 15.5 Å². The van der Waals surface area contributed by atoms with Crippen LogP contribution in [-0.4, -0.2) is 15.8 Å². The van der Waals surface area contributed by atoms with Gasteiger partial charge in [0.15, 0.2) is 0 Å². The maximum atomic E-state index is 13.1. The van der Waals surface area contributed by atoms with Gasteiger partial charge in [-0.1, -0.05) is 0 Å². The molecule has 0 fully saturated rings. The van der Waals surface area contributed by atoms with E-state index in [1.807, 2.05) is 24.3 Å². The summed E-state index contributed by atoms with van der Waals surface area (Å²) in [6.45, 7) is 0. The number of fused-ring (bicyclic) bond motifs is 1. The molecule has 3 aromatic heterocycles. The highest BCUT2D eigenvalue weighted by atomic mass is 32.1. The molecule has 0 aliphatic heterocycles. The van der Waals surface area contributed by atoms with Crippen molar-refractivity contribution in [1.82, 2.24) is 9.97 Å². The third kappa shape index (κ3) is 2.77. The van der Waals surface area contributed by atoms with Crippen molar-refractivity contribution in [3.05, 3.63) is 77.2 Å². The summed E-state index contributed by atoms with van der Waals surface area (Å²) in [5.74, 6) is -0.618. The number of anilines is 1. The number of benzene rings is 1.